The highest BCUT2D eigenvalue weighted by molar-refractivity contribution is 7.98. The summed E-state index contributed by atoms with van der Waals surface area (Å²) in [6.45, 7) is 8.30. The zero-order valence-electron chi connectivity index (χ0n) is 12.5. The highest BCUT2D eigenvalue weighted by Gasteiger charge is 2.13. The minimum absolute atomic E-state index is 0.406. The van der Waals surface area contributed by atoms with Crippen molar-refractivity contribution in [3.63, 3.8) is 0 Å². The van der Waals surface area contributed by atoms with Crippen LogP contribution in [-0.2, 0) is 0 Å². The van der Waals surface area contributed by atoms with Crippen LogP contribution in [0.5, 0.6) is 0 Å². The van der Waals surface area contributed by atoms with E-state index in [9.17, 15) is 0 Å². The molecule has 5 heteroatoms. The van der Waals surface area contributed by atoms with Crippen molar-refractivity contribution in [2.24, 2.45) is 0 Å². The summed E-state index contributed by atoms with van der Waals surface area (Å²) in [5.74, 6) is 3.57. The third kappa shape index (κ3) is 5.27. The third-order valence-electron chi connectivity index (χ3n) is 2.87. The second-order valence-corrected chi connectivity index (χ2v) is 5.78. The second kappa shape index (κ2) is 9.02. The van der Waals surface area contributed by atoms with Crippen molar-refractivity contribution in [3.05, 3.63) is 11.9 Å². The molecule has 0 radical (unpaired) electrons. The van der Waals surface area contributed by atoms with Crippen molar-refractivity contribution in [2.75, 3.05) is 35.7 Å². The molecule has 19 heavy (non-hydrogen) atoms. The Kier molecular flexibility index (Phi) is 7.63. The van der Waals surface area contributed by atoms with Gasteiger partial charge in [-0.25, -0.2) is 9.97 Å². The number of hydrogen-bond donors (Lipinski definition) is 2. The molecule has 0 saturated heterocycles. The number of anilines is 2. The van der Waals surface area contributed by atoms with Crippen LogP contribution >= 0.6 is 11.8 Å². The first-order valence-corrected chi connectivity index (χ1v) is 8.41. The molecule has 0 saturated carbocycles. The first-order valence-electron chi connectivity index (χ1n) is 7.02. The summed E-state index contributed by atoms with van der Waals surface area (Å²) in [6, 6.07) is 0. The van der Waals surface area contributed by atoms with Gasteiger partial charge in [0.25, 0.3) is 0 Å². The average Bonchev–Trinajstić information content (AvgIpc) is 2.38. The molecule has 0 fully saturated rings. The van der Waals surface area contributed by atoms with E-state index in [2.05, 4.69) is 47.6 Å². The molecule has 0 amide bonds. The SMILES string of the molecule is CCNc1ncnc(NCCCCSC)c1C(C)C. The molecular weight excluding hydrogens is 256 g/mol. The maximum Gasteiger partial charge on any atom is 0.134 e. The van der Waals surface area contributed by atoms with Crippen molar-refractivity contribution in [2.45, 2.75) is 39.5 Å². The van der Waals surface area contributed by atoms with Crippen LogP contribution in [0.15, 0.2) is 6.33 Å². The molecule has 108 valence electrons. The Bertz CT molecular complexity index is 368. The topological polar surface area (TPSA) is 49.8 Å². The predicted octanol–water partition coefficient (Wildman–Crippen LogP) is 3.59. The minimum atomic E-state index is 0.406. The molecule has 0 bridgehead atoms. The number of nitrogens with zero attached hydrogens (tertiary/aromatic N) is 2. The molecular formula is C14H26N4S. The molecule has 0 aliphatic rings. The fraction of sp³-hybridized carbons (Fsp3) is 0.714. The van der Waals surface area contributed by atoms with Gasteiger partial charge < -0.3 is 10.6 Å². The van der Waals surface area contributed by atoms with Crippen molar-refractivity contribution in [1.29, 1.82) is 0 Å². The first kappa shape index (κ1) is 16.1. The van der Waals surface area contributed by atoms with Crippen LogP contribution in [0, 0.1) is 0 Å². The lowest BCUT2D eigenvalue weighted by atomic mass is 10.0. The minimum Gasteiger partial charge on any atom is -0.370 e. The molecule has 0 unspecified atom stereocenters. The van der Waals surface area contributed by atoms with Gasteiger partial charge in [0.1, 0.15) is 18.0 Å². The van der Waals surface area contributed by atoms with Gasteiger partial charge in [-0.1, -0.05) is 13.8 Å². The van der Waals surface area contributed by atoms with Gasteiger partial charge in [0.2, 0.25) is 0 Å². The summed E-state index contributed by atoms with van der Waals surface area (Å²) in [7, 11) is 0. The smallest absolute Gasteiger partial charge is 0.134 e. The Morgan fingerprint density at radius 3 is 2.42 bits per heavy atom. The van der Waals surface area contributed by atoms with Gasteiger partial charge in [0.05, 0.1) is 0 Å². The molecule has 0 atom stereocenters. The van der Waals surface area contributed by atoms with E-state index in [4.69, 9.17) is 0 Å². The summed E-state index contributed by atoms with van der Waals surface area (Å²) >= 11 is 1.90. The summed E-state index contributed by atoms with van der Waals surface area (Å²) in [5, 5.41) is 6.77. The van der Waals surface area contributed by atoms with E-state index in [1.54, 1.807) is 6.33 Å². The first-order chi connectivity index (χ1) is 9.20. The molecule has 1 aromatic heterocycles. The van der Waals surface area contributed by atoms with E-state index < -0.39 is 0 Å². The molecule has 1 aromatic rings. The van der Waals surface area contributed by atoms with Crippen LogP contribution in [0.2, 0.25) is 0 Å². The Morgan fingerprint density at radius 1 is 1.16 bits per heavy atom. The normalized spacial score (nSPS) is 10.8. The average molecular weight is 282 g/mol. The van der Waals surface area contributed by atoms with E-state index in [1.165, 1.54) is 24.2 Å². The van der Waals surface area contributed by atoms with Gasteiger partial charge in [0.15, 0.2) is 0 Å². The number of unbranched alkanes of at least 4 members (excludes halogenated alkanes) is 1. The molecule has 1 heterocycles. The standard InChI is InChI=1S/C14H26N4S/c1-5-15-13-12(11(2)3)14(18-10-17-13)16-8-6-7-9-19-4/h10-11H,5-9H2,1-4H3,(H2,15,16,17,18). The van der Waals surface area contributed by atoms with E-state index in [0.717, 1.165) is 24.7 Å². The maximum absolute atomic E-state index is 4.39. The summed E-state index contributed by atoms with van der Waals surface area (Å²) < 4.78 is 0. The Morgan fingerprint density at radius 2 is 1.84 bits per heavy atom. The van der Waals surface area contributed by atoms with Gasteiger partial charge >= 0.3 is 0 Å². The van der Waals surface area contributed by atoms with Gasteiger partial charge in [-0.15, -0.1) is 0 Å². The quantitative estimate of drug-likeness (QED) is 0.678. The number of hydrogen-bond acceptors (Lipinski definition) is 5. The van der Waals surface area contributed by atoms with Crippen molar-refractivity contribution < 1.29 is 0 Å². The summed E-state index contributed by atoms with van der Waals surface area (Å²) in [4.78, 5) is 8.74. The summed E-state index contributed by atoms with van der Waals surface area (Å²) in [6.07, 6.45) is 6.21. The van der Waals surface area contributed by atoms with Crippen molar-refractivity contribution >= 4 is 23.4 Å². The van der Waals surface area contributed by atoms with E-state index in [1.807, 2.05) is 11.8 Å². The van der Waals surface area contributed by atoms with Gasteiger partial charge in [-0.2, -0.15) is 11.8 Å². The van der Waals surface area contributed by atoms with E-state index >= 15 is 0 Å². The van der Waals surface area contributed by atoms with Gasteiger partial charge in [0, 0.05) is 18.7 Å². The second-order valence-electron chi connectivity index (χ2n) is 4.80. The molecule has 0 spiro atoms. The number of nitrogens with one attached hydrogen (secondary N) is 2. The third-order valence-corrected chi connectivity index (χ3v) is 3.57. The molecule has 0 aromatic carbocycles. The molecule has 4 nitrogen and oxygen atoms in total. The number of rotatable bonds is 9. The van der Waals surface area contributed by atoms with E-state index in [-0.39, 0.29) is 0 Å². The maximum atomic E-state index is 4.39. The highest BCUT2D eigenvalue weighted by atomic mass is 32.2. The Balaban J connectivity index is 2.68. The molecule has 1 rings (SSSR count). The van der Waals surface area contributed by atoms with Crippen LogP contribution in [0.4, 0.5) is 11.6 Å². The zero-order chi connectivity index (χ0) is 14.1. The predicted molar refractivity (Wildman–Crippen MR) is 86.4 cm³/mol. The number of thioether (sulfide) groups is 1. The highest BCUT2D eigenvalue weighted by Crippen LogP contribution is 2.28. The van der Waals surface area contributed by atoms with Gasteiger partial charge in [-0.3, -0.25) is 0 Å². The fourth-order valence-electron chi connectivity index (χ4n) is 1.97. The lowest BCUT2D eigenvalue weighted by molar-refractivity contribution is 0.817. The van der Waals surface area contributed by atoms with Crippen LogP contribution in [0.1, 0.15) is 45.1 Å². The van der Waals surface area contributed by atoms with Crippen molar-refractivity contribution in [3.8, 4) is 0 Å². The Hall–Kier alpha value is -0.970. The van der Waals surface area contributed by atoms with Crippen LogP contribution in [-0.4, -0.2) is 35.1 Å². The fourth-order valence-corrected chi connectivity index (χ4v) is 2.46. The molecule has 0 aliphatic heterocycles. The lowest BCUT2D eigenvalue weighted by Crippen LogP contribution is -2.12. The Labute approximate surface area is 121 Å². The molecule has 2 N–H and O–H groups in total. The summed E-state index contributed by atoms with van der Waals surface area (Å²) in [5.41, 5.74) is 1.19. The van der Waals surface area contributed by atoms with Crippen LogP contribution in [0.25, 0.3) is 0 Å². The lowest BCUT2D eigenvalue weighted by Gasteiger charge is -2.17. The monoisotopic (exact) mass is 282 g/mol. The molecule has 0 aliphatic carbocycles. The van der Waals surface area contributed by atoms with Crippen molar-refractivity contribution in [1.82, 2.24) is 9.97 Å². The zero-order valence-corrected chi connectivity index (χ0v) is 13.3. The van der Waals surface area contributed by atoms with Crippen LogP contribution < -0.4 is 10.6 Å². The number of aromatic nitrogens is 2. The van der Waals surface area contributed by atoms with Gasteiger partial charge in [-0.05, 0) is 37.7 Å². The van der Waals surface area contributed by atoms with Crippen LogP contribution in [0.3, 0.4) is 0 Å². The largest absolute Gasteiger partial charge is 0.370 e. The van der Waals surface area contributed by atoms with E-state index in [0.29, 0.717) is 5.92 Å².